The van der Waals surface area contributed by atoms with Crippen LogP contribution in [0.15, 0.2) is 30.7 Å². The van der Waals surface area contributed by atoms with Crippen molar-refractivity contribution in [1.29, 1.82) is 0 Å². The number of carbonyl (C=O) groups is 1. The molecule has 6 nitrogen and oxygen atoms in total. The Kier molecular flexibility index (Phi) is 5.11. The molecule has 0 aliphatic rings. The van der Waals surface area contributed by atoms with Crippen LogP contribution >= 0.6 is 0 Å². The van der Waals surface area contributed by atoms with Gasteiger partial charge in [0.1, 0.15) is 11.5 Å². The number of hydrogen-bond acceptors (Lipinski definition) is 4. The summed E-state index contributed by atoms with van der Waals surface area (Å²) in [6.07, 6.45) is 6.86. The fourth-order valence-corrected chi connectivity index (χ4v) is 1.72. The predicted octanol–water partition coefficient (Wildman–Crippen LogP) is 1.60. The van der Waals surface area contributed by atoms with Gasteiger partial charge in [-0.05, 0) is 18.6 Å². The number of aromatic amines is 1. The minimum atomic E-state index is -0.168. The van der Waals surface area contributed by atoms with E-state index in [1.165, 1.54) is 0 Å². The maximum atomic E-state index is 11.9. The third kappa shape index (κ3) is 4.08. The molecule has 0 aromatic carbocycles. The normalized spacial score (nSPS) is 10.2. The molecular weight excluding hydrogens is 254 g/mol. The molecule has 0 radical (unpaired) electrons. The first-order valence-corrected chi connectivity index (χ1v) is 6.76. The van der Waals surface area contributed by atoms with Gasteiger partial charge in [0, 0.05) is 31.9 Å². The average Bonchev–Trinajstić information content (AvgIpc) is 2.99. The van der Waals surface area contributed by atoms with E-state index in [1.54, 1.807) is 24.7 Å². The topological polar surface area (TPSA) is 82.7 Å². The van der Waals surface area contributed by atoms with Crippen LogP contribution in [0.4, 0.5) is 5.69 Å². The lowest BCUT2D eigenvalue weighted by Gasteiger charge is -2.06. The molecular formula is C14H19N5O. The van der Waals surface area contributed by atoms with Crippen molar-refractivity contribution in [2.75, 3.05) is 18.4 Å². The largest absolute Gasteiger partial charge is 0.384 e. The number of H-pyrrole nitrogens is 1. The van der Waals surface area contributed by atoms with Crippen LogP contribution in [0, 0.1) is 0 Å². The molecule has 3 N–H and O–H groups in total. The van der Waals surface area contributed by atoms with E-state index in [0.717, 1.165) is 24.5 Å². The highest BCUT2D eigenvalue weighted by atomic mass is 16.1. The smallest absolute Gasteiger partial charge is 0.269 e. The lowest BCUT2D eigenvalue weighted by Crippen LogP contribution is -2.26. The molecule has 0 fully saturated rings. The summed E-state index contributed by atoms with van der Waals surface area (Å²) in [5.41, 5.74) is 1.35. The Balaban J connectivity index is 1.79. The number of rotatable bonds is 7. The summed E-state index contributed by atoms with van der Waals surface area (Å²) in [5.74, 6) is 0.691. The van der Waals surface area contributed by atoms with Crippen LogP contribution in [0.1, 0.15) is 29.7 Å². The molecule has 106 valence electrons. The quantitative estimate of drug-likeness (QED) is 0.715. The molecule has 6 heteroatoms. The summed E-state index contributed by atoms with van der Waals surface area (Å²) in [6.45, 7) is 3.53. The van der Waals surface area contributed by atoms with Crippen molar-refractivity contribution >= 4 is 11.6 Å². The van der Waals surface area contributed by atoms with Crippen molar-refractivity contribution in [3.8, 4) is 0 Å². The highest BCUT2D eigenvalue weighted by Crippen LogP contribution is 2.06. The van der Waals surface area contributed by atoms with Gasteiger partial charge in [0.15, 0.2) is 0 Å². The van der Waals surface area contributed by atoms with Crippen LogP contribution in [0.5, 0.6) is 0 Å². The number of hydrogen-bond donors (Lipinski definition) is 3. The van der Waals surface area contributed by atoms with E-state index in [-0.39, 0.29) is 5.91 Å². The maximum absolute atomic E-state index is 11.9. The minimum absolute atomic E-state index is 0.168. The van der Waals surface area contributed by atoms with Crippen molar-refractivity contribution < 1.29 is 4.79 Å². The van der Waals surface area contributed by atoms with Crippen molar-refractivity contribution in [2.45, 2.75) is 19.8 Å². The molecule has 0 unspecified atom stereocenters. The SMILES string of the molecule is CCCNc1ccc(C(=O)NCCc2ncc[nH]2)nc1. The molecule has 20 heavy (non-hydrogen) atoms. The van der Waals surface area contributed by atoms with Gasteiger partial charge < -0.3 is 15.6 Å². The van der Waals surface area contributed by atoms with Crippen LogP contribution in [0.3, 0.4) is 0 Å². The van der Waals surface area contributed by atoms with E-state index < -0.39 is 0 Å². The molecule has 0 saturated heterocycles. The van der Waals surface area contributed by atoms with Gasteiger partial charge in [-0.2, -0.15) is 0 Å². The summed E-state index contributed by atoms with van der Waals surface area (Å²) in [5, 5.41) is 6.03. The number of carbonyl (C=O) groups excluding carboxylic acids is 1. The average molecular weight is 273 g/mol. The van der Waals surface area contributed by atoms with Crippen LogP contribution < -0.4 is 10.6 Å². The first kappa shape index (κ1) is 14.0. The summed E-state index contributed by atoms with van der Waals surface area (Å²) in [6, 6.07) is 3.59. The summed E-state index contributed by atoms with van der Waals surface area (Å²) >= 11 is 0. The minimum Gasteiger partial charge on any atom is -0.384 e. The van der Waals surface area contributed by atoms with Crippen LogP contribution in [0.2, 0.25) is 0 Å². The Morgan fingerprint density at radius 1 is 1.30 bits per heavy atom. The number of aromatic nitrogens is 3. The van der Waals surface area contributed by atoms with Gasteiger partial charge in [0.25, 0.3) is 5.91 Å². The van der Waals surface area contributed by atoms with E-state index in [9.17, 15) is 4.79 Å². The van der Waals surface area contributed by atoms with E-state index in [0.29, 0.717) is 18.7 Å². The molecule has 0 saturated carbocycles. The second-order valence-corrected chi connectivity index (χ2v) is 4.40. The number of anilines is 1. The standard InChI is InChI=1S/C14H19N5O/c1-2-6-15-11-3-4-12(19-10-11)14(20)18-7-5-13-16-8-9-17-13/h3-4,8-10,15H,2,5-7H2,1H3,(H,16,17)(H,18,20). The summed E-state index contributed by atoms with van der Waals surface area (Å²) in [4.78, 5) is 23.1. The van der Waals surface area contributed by atoms with Gasteiger partial charge >= 0.3 is 0 Å². The zero-order valence-electron chi connectivity index (χ0n) is 11.5. The number of pyridine rings is 1. The van der Waals surface area contributed by atoms with Crippen LogP contribution in [-0.4, -0.2) is 33.9 Å². The zero-order valence-corrected chi connectivity index (χ0v) is 11.5. The molecule has 0 atom stereocenters. The lowest BCUT2D eigenvalue weighted by atomic mass is 10.3. The second-order valence-electron chi connectivity index (χ2n) is 4.40. The Hall–Kier alpha value is -2.37. The highest BCUT2D eigenvalue weighted by molar-refractivity contribution is 5.92. The third-order valence-corrected chi connectivity index (χ3v) is 2.78. The zero-order chi connectivity index (χ0) is 14.2. The Bertz CT molecular complexity index is 521. The fourth-order valence-electron chi connectivity index (χ4n) is 1.72. The Labute approximate surface area is 118 Å². The summed E-state index contributed by atoms with van der Waals surface area (Å²) < 4.78 is 0. The molecule has 0 spiro atoms. The number of imidazole rings is 1. The molecule has 2 aromatic heterocycles. The monoisotopic (exact) mass is 273 g/mol. The predicted molar refractivity (Wildman–Crippen MR) is 77.6 cm³/mol. The first-order chi connectivity index (χ1) is 9.79. The van der Waals surface area contributed by atoms with Gasteiger partial charge in [-0.25, -0.2) is 9.97 Å². The van der Waals surface area contributed by atoms with Gasteiger partial charge in [0.05, 0.1) is 11.9 Å². The molecule has 2 aromatic rings. The molecule has 0 bridgehead atoms. The van der Waals surface area contributed by atoms with Crippen LogP contribution in [0.25, 0.3) is 0 Å². The summed E-state index contributed by atoms with van der Waals surface area (Å²) in [7, 11) is 0. The number of nitrogens with zero attached hydrogens (tertiary/aromatic N) is 2. The van der Waals surface area contributed by atoms with Crippen molar-refractivity contribution in [3.05, 3.63) is 42.2 Å². The second kappa shape index (κ2) is 7.28. The van der Waals surface area contributed by atoms with Crippen molar-refractivity contribution in [3.63, 3.8) is 0 Å². The van der Waals surface area contributed by atoms with Crippen molar-refractivity contribution in [1.82, 2.24) is 20.3 Å². The van der Waals surface area contributed by atoms with E-state index in [4.69, 9.17) is 0 Å². The van der Waals surface area contributed by atoms with Crippen molar-refractivity contribution in [2.24, 2.45) is 0 Å². The van der Waals surface area contributed by atoms with E-state index in [2.05, 4.69) is 32.5 Å². The maximum Gasteiger partial charge on any atom is 0.269 e. The van der Waals surface area contributed by atoms with Gasteiger partial charge in [-0.15, -0.1) is 0 Å². The third-order valence-electron chi connectivity index (χ3n) is 2.78. The molecule has 1 amide bonds. The van der Waals surface area contributed by atoms with Gasteiger partial charge in [0.2, 0.25) is 0 Å². The van der Waals surface area contributed by atoms with E-state index in [1.807, 2.05) is 6.07 Å². The van der Waals surface area contributed by atoms with Gasteiger partial charge in [-0.3, -0.25) is 4.79 Å². The Morgan fingerprint density at radius 3 is 2.85 bits per heavy atom. The fraction of sp³-hybridized carbons (Fsp3) is 0.357. The first-order valence-electron chi connectivity index (χ1n) is 6.76. The number of nitrogens with one attached hydrogen (secondary N) is 3. The van der Waals surface area contributed by atoms with Crippen LogP contribution in [-0.2, 0) is 6.42 Å². The number of amides is 1. The van der Waals surface area contributed by atoms with E-state index >= 15 is 0 Å². The molecule has 0 aliphatic carbocycles. The van der Waals surface area contributed by atoms with Gasteiger partial charge in [-0.1, -0.05) is 6.92 Å². The highest BCUT2D eigenvalue weighted by Gasteiger charge is 2.06. The molecule has 2 rings (SSSR count). The lowest BCUT2D eigenvalue weighted by molar-refractivity contribution is 0.0949. The Morgan fingerprint density at radius 2 is 2.20 bits per heavy atom. The molecule has 2 heterocycles. The molecule has 0 aliphatic heterocycles.